The summed E-state index contributed by atoms with van der Waals surface area (Å²) in [7, 11) is 0. The van der Waals surface area contributed by atoms with E-state index in [1.165, 1.54) is 45.5 Å². The van der Waals surface area contributed by atoms with Gasteiger partial charge in [-0.25, -0.2) is 0 Å². The van der Waals surface area contributed by atoms with Crippen molar-refractivity contribution in [2.24, 2.45) is 0 Å². The summed E-state index contributed by atoms with van der Waals surface area (Å²) in [5.74, 6) is 0. The van der Waals surface area contributed by atoms with Crippen molar-refractivity contribution >= 4 is 65.6 Å². The third kappa shape index (κ3) is 4.92. The highest BCUT2D eigenvalue weighted by Crippen LogP contribution is 2.41. The Balaban J connectivity index is 1.19. The van der Waals surface area contributed by atoms with E-state index in [1.54, 1.807) is 30.3 Å². The molecule has 0 amide bonds. The first-order valence-electron chi connectivity index (χ1n) is 28.7. The maximum absolute atomic E-state index is 9.97. The Bertz CT molecular complexity index is 4810. The van der Waals surface area contributed by atoms with Crippen LogP contribution in [-0.4, -0.2) is 9.13 Å². The molecule has 3 heterocycles. The minimum atomic E-state index is -0.760. The zero-order valence-corrected chi connectivity index (χ0v) is 29.2. The molecule has 0 radical (unpaired) electrons. The summed E-state index contributed by atoms with van der Waals surface area (Å²) >= 11 is 0. The molecule has 3 nitrogen and oxygen atoms in total. The van der Waals surface area contributed by atoms with Crippen molar-refractivity contribution in [1.82, 2.24) is 9.13 Å². The normalized spacial score (nSPS) is 17.3. The van der Waals surface area contributed by atoms with Gasteiger partial charge >= 0.3 is 0 Å². The number of aromatic nitrogens is 2. The summed E-state index contributed by atoms with van der Waals surface area (Å²) in [4.78, 5) is 0. The smallest absolute Gasteiger partial charge is 0.136 e. The van der Waals surface area contributed by atoms with Gasteiger partial charge in [0.1, 0.15) is 11.2 Å². The highest BCUT2D eigenvalue weighted by Gasteiger charge is 2.18. The van der Waals surface area contributed by atoms with Gasteiger partial charge in [0.2, 0.25) is 0 Å². The van der Waals surface area contributed by atoms with E-state index in [-0.39, 0.29) is 124 Å². The maximum atomic E-state index is 9.97. The van der Waals surface area contributed by atoms with Crippen molar-refractivity contribution in [2.75, 3.05) is 0 Å². The molecule has 0 aliphatic carbocycles. The van der Waals surface area contributed by atoms with E-state index in [1.807, 2.05) is 0 Å². The highest BCUT2D eigenvalue weighted by atomic mass is 16.3. The van der Waals surface area contributed by atoms with Crippen LogP contribution in [0.2, 0.25) is 0 Å². The first-order valence-corrected chi connectivity index (χ1v) is 17.7. The minimum Gasteiger partial charge on any atom is -0.456 e. The number of rotatable bonds is 5. The van der Waals surface area contributed by atoms with E-state index in [2.05, 4.69) is 0 Å². The lowest BCUT2D eigenvalue weighted by Crippen LogP contribution is -1.93. The van der Waals surface area contributed by atoms with Gasteiger partial charge in [0, 0.05) is 43.7 Å². The summed E-state index contributed by atoms with van der Waals surface area (Å²) < 4.78 is 209. The van der Waals surface area contributed by atoms with Crippen molar-refractivity contribution in [3.63, 3.8) is 0 Å². The van der Waals surface area contributed by atoms with Crippen LogP contribution >= 0.6 is 0 Å². The standard InChI is InChI=1S/C54H34N2O/c1-3-13-35(14-4-1)36-15-11-16-39(31-36)42-21-12-24-53-54(42)47-34-41(27-30-52(47)57-53)56-49-23-10-8-20-44(49)46-33-38(26-29-51(46)56)37-25-28-50-45(32-37)43-19-7-9-22-48(43)55(50)40-17-5-2-6-18-40/h1-34H/i3D,4D,7D,8D,9D,10D,12D,13D,15D,19D,20D,21D,22D,24D,25D,26D,28D,29D,30D,31D,32D,33D. The molecule has 3 heteroatoms. The van der Waals surface area contributed by atoms with Gasteiger partial charge in [0.15, 0.2) is 0 Å². The largest absolute Gasteiger partial charge is 0.456 e. The molecular formula is C54H34N2O. The van der Waals surface area contributed by atoms with E-state index < -0.39 is 114 Å². The molecule has 57 heavy (non-hydrogen) atoms. The van der Waals surface area contributed by atoms with E-state index >= 15 is 0 Å². The molecule has 12 rings (SSSR count). The van der Waals surface area contributed by atoms with Crippen LogP contribution < -0.4 is 0 Å². The first-order chi connectivity index (χ1) is 37.4. The Morgan fingerprint density at radius 1 is 0.368 bits per heavy atom. The number of hydrogen-bond donors (Lipinski definition) is 0. The van der Waals surface area contributed by atoms with Gasteiger partial charge in [-0.3, -0.25) is 0 Å². The third-order valence-electron chi connectivity index (χ3n) is 9.98. The molecule has 0 spiro atoms. The second kappa shape index (κ2) is 12.5. The number of hydrogen-bond acceptors (Lipinski definition) is 1. The summed E-state index contributed by atoms with van der Waals surface area (Å²) in [6, 6.07) is 5.53. The van der Waals surface area contributed by atoms with Crippen LogP contribution in [0, 0.1) is 0 Å². The van der Waals surface area contributed by atoms with Crippen molar-refractivity contribution in [1.29, 1.82) is 0 Å². The fourth-order valence-electron chi connectivity index (χ4n) is 7.50. The molecule has 0 bridgehead atoms. The van der Waals surface area contributed by atoms with Gasteiger partial charge in [-0.05, 0) is 112 Å². The van der Waals surface area contributed by atoms with Crippen molar-refractivity contribution in [3.8, 4) is 44.8 Å². The molecule has 0 saturated heterocycles. The lowest BCUT2D eigenvalue weighted by molar-refractivity contribution is 0.669. The number of benzene rings is 9. The average molecular weight is 749 g/mol. The Kier molecular flexibility index (Phi) is 3.72. The average Bonchev–Trinajstić information content (AvgIpc) is 3.07. The lowest BCUT2D eigenvalue weighted by atomic mass is 9.96. The summed E-state index contributed by atoms with van der Waals surface area (Å²) in [6.45, 7) is 0. The van der Waals surface area contributed by atoms with Crippen LogP contribution in [0.4, 0.5) is 0 Å². The topological polar surface area (TPSA) is 23.0 Å². The zero-order chi connectivity index (χ0) is 56.6. The van der Waals surface area contributed by atoms with Gasteiger partial charge in [0.25, 0.3) is 0 Å². The van der Waals surface area contributed by atoms with E-state index in [9.17, 15) is 13.7 Å². The number of furan rings is 1. The molecule has 0 unspecified atom stereocenters. The van der Waals surface area contributed by atoms with Crippen LogP contribution in [0.5, 0.6) is 0 Å². The van der Waals surface area contributed by atoms with Crippen LogP contribution in [0.1, 0.15) is 30.2 Å². The molecule has 3 aromatic heterocycles. The number of nitrogens with zero attached hydrogens (tertiary/aromatic N) is 2. The number of fused-ring (bicyclic) bond motifs is 9. The monoisotopic (exact) mass is 748 g/mol. The first kappa shape index (κ1) is 17.0. The van der Waals surface area contributed by atoms with Gasteiger partial charge in [-0.15, -0.1) is 0 Å². The quantitative estimate of drug-likeness (QED) is 0.172. The molecule has 0 aliphatic heterocycles. The second-order valence-electron chi connectivity index (χ2n) is 13.2. The zero-order valence-electron chi connectivity index (χ0n) is 51.2. The predicted octanol–water partition coefficient (Wildman–Crippen LogP) is 14.8. The van der Waals surface area contributed by atoms with Crippen molar-refractivity contribution in [3.05, 3.63) is 206 Å². The molecule has 9 aromatic carbocycles. The molecule has 0 aliphatic rings. The molecular weight excluding hydrogens is 693 g/mol. The highest BCUT2D eigenvalue weighted by molar-refractivity contribution is 6.15. The summed E-state index contributed by atoms with van der Waals surface area (Å²) in [5.41, 5.74) is -2.23. The van der Waals surface area contributed by atoms with Crippen LogP contribution in [-0.2, 0) is 0 Å². The van der Waals surface area contributed by atoms with E-state index in [4.69, 9.17) is 20.9 Å². The molecule has 0 N–H and O–H groups in total. The van der Waals surface area contributed by atoms with Crippen LogP contribution in [0.25, 0.3) is 110 Å². The molecule has 0 fully saturated rings. The van der Waals surface area contributed by atoms with Crippen LogP contribution in [0.15, 0.2) is 210 Å². The molecule has 266 valence electrons. The van der Waals surface area contributed by atoms with Crippen molar-refractivity contribution in [2.45, 2.75) is 0 Å². The van der Waals surface area contributed by atoms with Gasteiger partial charge in [-0.1, -0.05) is 127 Å². The summed E-state index contributed by atoms with van der Waals surface area (Å²) in [6.07, 6.45) is 0. The molecule has 0 saturated carbocycles. The van der Waals surface area contributed by atoms with Crippen LogP contribution in [0.3, 0.4) is 0 Å². The maximum Gasteiger partial charge on any atom is 0.136 e. The Hall–Kier alpha value is -7.62. The lowest BCUT2D eigenvalue weighted by Gasteiger charge is -2.10. The van der Waals surface area contributed by atoms with Gasteiger partial charge in [-0.2, -0.15) is 0 Å². The Morgan fingerprint density at radius 3 is 1.95 bits per heavy atom. The SMILES string of the molecule is [2H]c1cc([2H])c([2H])c(-c2c([2H])ccc(-c3c([2H])c([2H])c([2H])c4oc5c([2H])cc(-n6c7cc([2H])c([2H])c([2H])c7c7c([2H])c(-c8c([2H])c([2H])c9c(c8[2H])c8c([2H])c([2H])c([2H])c([2H])c8n9-c8ccccc8)c([2H])c([2H])c76)cc5c34)c2[2H])c1. The van der Waals surface area contributed by atoms with Gasteiger partial charge in [0.05, 0.1) is 52.2 Å². The fourth-order valence-corrected chi connectivity index (χ4v) is 7.50. The van der Waals surface area contributed by atoms with Gasteiger partial charge < -0.3 is 13.6 Å². The number of para-hydroxylation sites is 3. The Morgan fingerprint density at radius 2 is 1.11 bits per heavy atom. The van der Waals surface area contributed by atoms with E-state index in [0.29, 0.717) is 5.69 Å². The molecule has 0 atom stereocenters. The predicted molar refractivity (Wildman–Crippen MR) is 239 cm³/mol. The minimum absolute atomic E-state index is 0.0134. The molecule has 12 aromatic rings. The Labute approximate surface area is 359 Å². The van der Waals surface area contributed by atoms with Crippen molar-refractivity contribution < 1.29 is 34.6 Å². The fraction of sp³-hybridized carbons (Fsp3) is 0. The van der Waals surface area contributed by atoms with E-state index in [0.717, 1.165) is 6.07 Å². The third-order valence-corrected chi connectivity index (χ3v) is 9.98. The second-order valence-corrected chi connectivity index (χ2v) is 13.2. The summed E-state index contributed by atoms with van der Waals surface area (Å²) in [5, 5.41) is -0.873.